The smallest absolute Gasteiger partial charge is 0.307 e. The minimum absolute atomic E-state index is 0.0967. The van der Waals surface area contributed by atoms with Crippen LogP contribution in [0.1, 0.15) is 25.7 Å². The molecule has 1 saturated carbocycles. The van der Waals surface area contributed by atoms with Gasteiger partial charge in [0.1, 0.15) is 0 Å². The molecule has 8 nitrogen and oxygen atoms in total. The number of sulfone groups is 1. The van der Waals surface area contributed by atoms with Crippen LogP contribution in [0.5, 0.6) is 0 Å². The van der Waals surface area contributed by atoms with Crippen LogP contribution in [-0.2, 0) is 19.4 Å². The third-order valence-electron chi connectivity index (χ3n) is 4.89. The monoisotopic (exact) mass is 403 g/mol. The van der Waals surface area contributed by atoms with Crippen molar-refractivity contribution in [3.05, 3.63) is 36.4 Å². The van der Waals surface area contributed by atoms with Crippen molar-refractivity contribution in [3.8, 4) is 11.3 Å². The quantitative estimate of drug-likeness (QED) is 0.785. The van der Waals surface area contributed by atoms with Crippen LogP contribution in [0.3, 0.4) is 0 Å². The van der Waals surface area contributed by atoms with Crippen molar-refractivity contribution in [2.45, 2.75) is 30.7 Å². The van der Waals surface area contributed by atoms with E-state index in [0.717, 1.165) is 19.1 Å². The molecule has 0 saturated heterocycles. The molecule has 1 aromatic carbocycles. The van der Waals surface area contributed by atoms with Crippen molar-refractivity contribution in [2.75, 3.05) is 11.6 Å². The zero-order valence-electron chi connectivity index (χ0n) is 15.3. The molecule has 0 spiro atoms. The number of hydrogen-bond donors (Lipinski definition) is 2. The number of carbonyl (C=O) groups is 2. The molecule has 2 atom stereocenters. The summed E-state index contributed by atoms with van der Waals surface area (Å²) in [7, 11) is -3.41. The first-order valence-corrected chi connectivity index (χ1v) is 10.8. The Morgan fingerprint density at radius 2 is 1.64 bits per heavy atom. The summed E-state index contributed by atoms with van der Waals surface area (Å²) < 4.78 is 22.9. The number of aromatic nitrogens is 2. The highest BCUT2D eigenvalue weighted by atomic mass is 32.2. The van der Waals surface area contributed by atoms with E-state index < -0.39 is 27.6 Å². The lowest BCUT2D eigenvalue weighted by molar-refractivity contribution is -0.147. The molecule has 148 valence electrons. The van der Waals surface area contributed by atoms with Crippen LogP contribution in [-0.4, -0.2) is 41.9 Å². The maximum absolute atomic E-state index is 12.5. The first-order chi connectivity index (χ1) is 13.3. The highest BCUT2D eigenvalue weighted by molar-refractivity contribution is 7.90. The Balaban J connectivity index is 1.70. The fourth-order valence-electron chi connectivity index (χ4n) is 3.37. The van der Waals surface area contributed by atoms with Gasteiger partial charge in [0, 0.05) is 17.5 Å². The van der Waals surface area contributed by atoms with Gasteiger partial charge in [-0.15, -0.1) is 10.2 Å². The molecule has 1 aliphatic rings. The standard InChI is InChI=1S/C19H21N3O5S/c1-28(26,27)17-11-10-16(21-22-17)12-6-8-13(9-7-12)20-18(23)14-4-2-3-5-15(14)19(24)25/h6-11,14-15H,2-5H2,1H3,(H,20,23)(H,24,25). The van der Waals surface area contributed by atoms with Gasteiger partial charge in [-0.05, 0) is 37.1 Å². The Labute approximate surface area is 162 Å². The van der Waals surface area contributed by atoms with E-state index in [2.05, 4.69) is 15.5 Å². The number of anilines is 1. The first-order valence-electron chi connectivity index (χ1n) is 8.93. The van der Waals surface area contributed by atoms with Gasteiger partial charge in [-0.1, -0.05) is 25.0 Å². The summed E-state index contributed by atoms with van der Waals surface area (Å²) in [4.78, 5) is 23.9. The van der Waals surface area contributed by atoms with Gasteiger partial charge < -0.3 is 10.4 Å². The predicted octanol–water partition coefficient (Wildman–Crippen LogP) is 2.38. The van der Waals surface area contributed by atoms with Crippen LogP contribution in [0, 0.1) is 11.8 Å². The van der Waals surface area contributed by atoms with Crippen LogP contribution >= 0.6 is 0 Å². The second kappa shape index (κ2) is 8.05. The van der Waals surface area contributed by atoms with E-state index in [4.69, 9.17) is 0 Å². The molecule has 2 N–H and O–H groups in total. The number of carbonyl (C=O) groups excluding carboxylic acids is 1. The first kappa shape index (κ1) is 19.9. The van der Waals surface area contributed by atoms with E-state index in [1.165, 1.54) is 6.07 Å². The number of aliphatic carboxylic acids is 1. The molecule has 2 aromatic rings. The van der Waals surface area contributed by atoms with E-state index in [0.29, 0.717) is 29.8 Å². The highest BCUT2D eigenvalue weighted by Gasteiger charge is 2.35. The number of nitrogens with zero attached hydrogens (tertiary/aromatic N) is 2. The van der Waals surface area contributed by atoms with Crippen molar-refractivity contribution >= 4 is 27.4 Å². The number of hydrogen-bond acceptors (Lipinski definition) is 6. The van der Waals surface area contributed by atoms with E-state index in [-0.39, 0.29) is 10.9 Å². The van der Waals surface area contributed by atoms with E-state index in [9.17, 15) is 23.1 Å². The zero-order chi connectivity index (χ0) is 20.3. The number of carboxylic acids is 1. The average Bonchev–Trinajstić information content (AvgIpc) is 2.68. The van der Waals surface area contributed by atoms with Gasteiger partial charge >= 0.3 is 5.97 Å². The minimum atomic E-state index is -3.41. The zero-order valence-corrected chi connectivity index (χ0v) is 16.1. The summed E-state index contributed by atoms with van der Waals surface area (Å²) in [6, 6.07) is 9.81. The molecule has 1 amide bonds. The fourth-order valence-corrected chi connectivity index (χ4v) is 3.88. The van der Waals surface area contributed by atoms with Crippen molar-refractivity contribution in [3.63, 3.8) is 0 Å². The Morgan fingerprint density at radius 3 is 2.18 bits per heavy atom. The van der Waals surface area contributed by atoms with Crippen LogP contribution in [0.25, 0.3) is 11.3 Å². The van der Waals surface area contributed by atoms with E-state index >= 15 is 0 Å². The third-order valence-corrected chi connectivity index (χ3v) is 5.87. The molecule has 9 heteroatoms. The topological polar surface area (TPSA) is 126 Å². The van der Waals surface area contributed by atoms with Gasteiger partial charge in [0.2, 0.25) is 5.91 Å². The van der Waals surface area contributed by atoms with Gasteiger partial charge in [-0.25, -0.2) is 8.42 Å². The number of nitrogens with one attached hydrogen (secondary N) is 1. The number of rotatable bonds is 5. The molecule has 0 radical (unpaired) electrons. The molecule has 28 heavy (non-hydrogen) atoms. The Morgan fingerprint density at radius 1 is 1.00 bits per heavy atom. The van der Waals surface area contributed by atoms with E-state index in [1.807, 2.05) is 0 Å². The Kier molecular flexibility index (Phi) is 5.73. The van der Waals surface area contributed by atoms with Gasteiger partial charge in [0.15, 0.2) is 14.9 Å². The summed E-state index contributed by atoms with van der Waals surface area (Å²) in [5.74, 6) is -2.37. The summed E-state index contributed by atoms with van der Waals surface area (Å²) >= 11 is 0. The highest BCUT2D eigenvalue weighted by Crippen LogP contribution is 2.31. The molecule has 1 aliphatic carbocycles. The molecule has 2 unspecified atom stereocenters. The SMILES string of the molecule is CS(=O)(=O)c1ccc(-c2ccc(NC(=O)C3CCCCC3C(=O)O)cc2)nn1. The fraction of sp³-hybridized carbons (Fsp3) is 0.368. The van der Waals surface area contributed by atoms with Crippen LogP contribution in [0.15, 0.2) is 41.4 Å². The van der Waals surface area contributed by atoms with Crippen molar-refractivity contribution in [2.24, 2.45) is 11.8 Å². The number of amides is 1. The molecule has 1 heterocycles. The van der Waals surface area contributed by atoms with Gasteiger partial charge in [0.25, 0.3) is 0 Å². The van der Waals surface area contributed by atoms with Crippen LogP contribution < -0.4 is 5.32 Å². The summed E-state index contributed by atoms with van der Waals surface area (Å²) in [6.07, 6.45) is 3.84. The molecule has 1 aromatic heterocycles. The summed E-state index contributed by atoms with van der Waals surface area (Å²) in [5.41, 5.74) is 1.78. The predicted molar refractivity (Wildman–Crippen MR) is 102 cm³/mol. The lowest BCUT2D eigenvalue weighted by Gasteiger charge is -2.27. The molecule has 0 bridgehead atoms. The Bertz CT molecular complexity index is 972. The van der Waals surface area contributed by atoms with Crippen LogP contribution in [0.2, 0.25) is 0 Å². The molecular weight excluding hydrogens is 382 g/mol. The summed E-state index contributed by atoms with van der Waals surface area (Å²) in [5, 5.41) is 19.7. The lowest BCUT2D eigenvalue weighted by Crippen LogP contribution is -2.36. The maximum atomic E-state index is 12.5. The second-order valence-electron chi connectivity index (χ2n) is 6.93. The molecule has 0 aliphatic heterocycles. The van der Waals surface area contributed by atoms with E-state index in [1.54, 1.807) is 30.3 Å². The third kappa shape index (κ3) is 4.53. The van der Waals surface area contributed by atoms with Crippen molar-refractivity contribution < 1.29 is 23.1 Å². The molecule has 3 rings (SSSR count). The Hall–Kier alpha value is -2.81. The largest absolute Gasteiger partial charge is 0.481 e. The minimum Gasteiger partial charge on any atom is -0.481 e. The van der Waals surface area contributed by atoms with Crippen molar-refractivity contribution in [1.29, 1.82) is 0 Å². The van der Waals surface area contributed by atoms with Gasteiger partial charge in [0.05, 0.1) is 17.5 Å². The van der Waals surface area contributed by atoms with Gasteiger partial charge in [-0.3, -0.25) is 9.59 Å². The molecule has 1 fully saturated rings. The normalized spacial score (nSPS) is 19.8. The summed E-state index contributed by atoms with van der Waals surface area (Å²) in [6.45, 7) is 0. The number of benzene rings is 1. The maximum Gasteiger partial charge on any atom is 0.307 e. The van der Waals surface area contributed by atoms with Gasteiger partial charge in [-0.2, -0.15) is 0 Å². The molecular formula is C19H21N3O5S. The van der Waals surface area contributed by atoms with Crippen molar-refractivity contribution in [1.82, 2.24) is 10.2 Å². The second-order valence-corrected chi connectivity index (χ2v) is 8.89. The lowest BCUT2D eigenvalue weighted by atomic mass is 9.78. The number of carboxylic acid groups (broad SMARTS) is 1. The average molecular weight is 403 g/mol. The van der Waals surface area contributed by atoms with Crippen LogP contribution in [0.4, 0.5) is 5.69 Å².